The number of nitrogens with two attached hydrogens (primary N) is 1. The van der Waals surface area contributed by atoms with Crippen LogP contribution in [-0.4, -0.2) is 30.2 Å². The normalized spacial score (nSPS) is 20.4. The Kier molecular flexibility index (Phi) is 3.61. The van der Waals surface area contributed by atoms with E-state index in [4.69, 9.17) is 5.73 Å². The molecule has 2 rings (SSSR count). The number of alkyl halides is 1. The summed E-state index contributed by atoms with van der Waals surface area (Å²) in [6, 6.07) is 1.76. The Hall–Kier alpha value is -1.17. The highest BCUT2D eigenvalue weighted by Gasteiger charge is 2.23. The van der Waals surface area contributed by atoms with E-state index in [1.165, 1.54) is 6.20 Å². The highest BCUT2D eigenvalue weighted by atomic mass is 79.9. The summed E-state index contributed by atoms with van der Waals surface area (Å²) in [7, 11) is 0. The lowest BCUT2D eigenvalue weighted by Gasteiger charge is -2.31. The van der Waals surface area contributed by atoms with Crippen molar-refractivity contribution in [1.29, 1.82) is 0 Å². The van der Waals surface area contributed by atoms with Crippen LogP contribution in [0.4, 0.5) is 10.1 Å². The fourth-order valence-corrected chi connectivity index (χ4v) is 2.32. The van der Waals surface area contributed by atoms with Crippen LogP contribution in [0.3, 0.4) is 0 Å². The second kappa shape index (κ2) is 5.00. The second-order valence-electron chi connectivity index (χ2n) is 4.07. The molecule has 1 aliphatic heterocycles. The van der Waals surface area contributed by atoms with E-state index >= 15 is 0 Å². The topological polar surface area (TPSA) is 59.2 Å². The van der Waals surface area contributed by atoms with E-state index in [1.807, 2.05) is 4.90 Å². The molecule has 6 heteroatoms. The van der Waals surface area contributed by atoms with Crippen molar-refractivity contribution < 1.29 is 9.18 Å². The van der Waals surface area contributed by atoms with Gasteiger partial charge in [-0.2, -0.15) is 0 Å². The molecule has 1 aromatic rings. The molecule has 1 saturated heterocycles. The molecule has 1 aromatic heterocycles. The largest absolute Gasteiger partial charge is 0.367 e. The number of nitrogens with zero attached hydrogens (tertiary/aromatic N) is 2. The number of halogens is 2. The van der Waals surface area contributed by atoms with Crippen LogP contribution in [0.1, 0.15) is 23.3 Å². The van der Waals surface area contributed by atoms with Crippen LogP contribution in [0.5, 0.6) is 0 Å². The number of piperidine rings is 1. The smallest absolute Gasteiger partial charge is 0.269 e. The minimum atomic E-state index is -0.858. The summed E-state index contributed by atoms with van der Waals surface area (Å²) in [5, 5.41) is 0. The summed E-state index contributed by atoms with van der Waals surface area (Å²) in [6.07, 6.45) is 2.00. The Balaban J connectivity index is 2.35. The number of hydrogen-bond donors (Lipinski definition) is 1. The van der Waals surface area contributed by atoms with Crippen molar-refractivity contribution in [2.75, 3.05) is 18.0 Å². The molecule has 2 N–H and O–H groups in total. The molecule has 0 unspecified atom stereocenters. The maximum Gasteiger partial charge on any atom is 0.269 e. The zero-order valence-corrected chi connectivity index (χ0v) is 10.8. The van der Waals surface area contributed by atoms with E-state index in [9.17, 15) is 9.18 Å². The molecule has 0 bridgehead atoms. The fraction of sp³-hybridized carbons (Fsp3) is 0.455. The number of carbonyl (C=O) groups excluding carboxylic acids is 1. The van der Waals surface area contributed by atoms with E-state index in [-0.39, 0.29) is 5.69 Å². The van der Waals surface area contributed by atoms with Crippen molar-refractivity contribution in [3.63, 3.8) is 0 Å². The van der Waals surface area contributed by atoms with Gasteiger partial charge in [0.05, 0.1) is 5.69 Å². The number of amides is 1. The monoisotopic (exact) mass is 301 g/mol. The average Bonchev–Trinajstić information content (AvgIpc) is 2.28. The van der Waals surface area contributed by atoms with Crippen LogP contribution in [0, 0.1) is 0 Å². The standard InChI is InChI=1S/C11H13BrFN3O/c12-7-4-9(10(11(14)17)15-5-7)16-3-1-2-8(13)6-16/h4-5,8H,1-3,6H2,(H2,14,17)/t8-/m0/s1. The van der Waals surface area contributed by atoms with Gasteiger partial charge in [0.25, 0.3) is 5.91 Å². The predicted octanol–water partition coefficient (Wildman–Crippen LogP) is 1.88. The van der Waals surface area contributed by atoms with Gasteiger partial charge in [0.15, 0.2) is 5.69 Å². The van der Waals surface area contributed by atoms with Crippen LogP contribution >= 0.6 is 15.9 Å². The van der Waals surface area contributed by atoms with Crippen LogP contribution in [0.2, 0.25) is 0 Å². The van der Waals surface area contributed by atoms with Crippen molar-refractivity contribution in [3.05, 3.63) is 22.4 Å². The molecule has 1 atom stereocenters. The lowest BCUT2D eigenvalue weighted by molar-refractivity contribution is 0.0996. The molecule has 1 amide bonds. The number of primary amides is 1. The molecular weight excluding hydrogens is 289 g/mol. The minimum Gasteiger partial charge on any atom is -0.367 e. The Bertz CT molecular complexity index is 441. The van der Waals surface area contributed by atoms with Crippen LogP contribution in [-0.2, 0) is 0 Å². The third-order valence-corrected chi connectivity index (χ3v) is 3.21. The molecule has 0 aliphatic carbocycles. The zero-order chi connectivity index (χ0) is 12.4. The third-order valence-electron chi connectivity index (χ3n) is 2.77. The molecule has 0 spiro atoms. The Labute approximate surface area is 107 Å². The van der Waals surface area contributed by atoms with E-state index in [0.29, 0.717) is 18.7 Å². The van der Waals surface area contributed by atoms with Gasteiger partial charge < -0.3 is 10.6 Å². The lowest BCUT2D eigenvalue weighted by Crippen LogP contribution is -2.37. The molecule has 1 fully saturated rings. The molecule has 0 aromatic carbocycles. The third kappa shape index (κ3) is 2.74. The number of carbonyl (C=O) groups is 1. The Morgan fingerprint density at radius 2 is 2.41 bits per heavy atom. The van der Waals surface area contributed by atoms with Gasteiger partial charge in [-0.15, -0.1) is 0 Å². The first-order valence-electron chi connectivity index (χ1n) is 5.42. The number of hydrogen-bond acceptors (Lipinski definition) is 3. The highest BCUT2D eigenvalue weighted by Crippen LogP contribution is 2.26. The molecular formula is C11H13BrFN3O. The molecule has 4 nitrogen and oxygen atoms in total. The fourth-order valence-electron chi connectivity index (χ4n) is 2.00. The summed E-state index contributed by atoms with van der Waals surface area (Å²) in [6.45, 7) is 1.01. The first kappa shape index (κ1) is 12.3. The maximum atomic E-state index is 13.4. The van der Waals surface area contributed by atoms with Gasteiger partial charge >= 0.3 is 0 Å². The van der Waals surface area contributed by atoms with Crippen molar-refractivity contribution in [2.45, 2.75) is 19.0 Å². The van der Waals surface area contributed by atoms with Crippen molar-refractivity contribution in [3.8, 4) is 0 Å². The van der Waals surface area contributed by atoms with E-state index < -0.39 is 12.1 Å². The first-order valence-corrected chi connectivity index (χ1v) is 6.21. The van der Waals surface area contributed by atoms with Crippen LogP contribution in [0.15, 0.2) is 16.7 Å². The second-order valence-corrected chi connectivity index (χ2v) is 4.99. The van der Waals surface area contributed by atoms with Gasteiger partial charge in [-0.25, -0.2) is 9.37 Å². The average molecular weight is 302 g/mol. The summed E-state index contributed by atoms with van der Waals surface area (Å²) >= 11 is 3.29. The Morgan fingerprint density at radius 3 is 3.06 bits per heavy atom. The van der Waals surface area contributed by atoms with Crippen LogP contribution in [0.25, 0.3) is 0 Å². The molecule has 17 heavy (non-hydrogen) atoms. The number of rotatable bonds is 2. The summed E-state index contributed by atoms with van der Waals surface area (Å²) < 4.78 is 14.1. The quantitative estimate of drug-likeness (QED) is 0.907. The van der Waals surface area contributed by atoms with Crippen molar-refractivity contribution in [1.82, 2.24) is 4.98 Å². The van der Waals surface area contributed by atoms with Gasteiger partial charge in [0.2, 0.25) is 0 Å². The van der Waals surface area contributed by atoms with Crippen molar-refractivity contribution >= 4 is 27.5 Å². The first-order chi connectivity index (χ1) is 8.08. The van der Waals surface area contributed by atoms with Gasteiger partial charge in [-0.05, 0) is 34.8 Å². The summed E-state index contributed by atoms with van der Waals surface area (Å²) in [5.41, 5.74) is 6.07. The van der Waals surface area contributed by atoms with Crippen molar-refractivity contribution in [2.24, 2.45) is 5.73 Å². The number of pyridine rings is 1. The minimum absolute atomic E-state index is 0.197. The SMILES string of the molecule is NC(=O)c1ncc(Br)cc1N1CCC[C@H](F)C1. The number of aromatic nitrogens is 1. The highest BCUT2D eigenvalue weighted by molar-refractivity contribution is 9.10. The Morgan fingerprint density at radius 1 is 1.65 bits per heavy atom. The summed E-state index contributed by atoms with van der Waals surface area (Å²) in [4.78, 5) is 17.1. The molecule has 0 radical (unpaired) electrons. The zero-order valence-electron chi connectivity index (χ0n) is 9.20. The van der Waals surface area contributed by atoms with E-state index in [1.54, 1.807) is 6.07 Å². The van der Waals surface area contributed by atoms with Crippen LogP contribution < -0.4 is 10.6 Å². The maximum absolute atomic E-state index is 13.4. The van der Waals surface area contributed by atoms with E-state index in [0.717, 1.165) is 17.4 Å². The van der Waals surface area contributed by atoms with Gasteiger partial charge in [0.1, 0.15) is 6.17 Å². The van der Waals surface area contributed by atoms with Gasteiger partial charge in [0, 0.05) is 23.8 Å². The van der Waals surface area contributed by atoms with Gasteiger partial charge in [-0.1, -0.05) is 0 Å². The predicted molar refractivity (Wildman–Crippen MR) is 66.8 cm³/mol. The number of anilines is 1. The molecule has 0 saturated carbocycles. The molecule has 92 valence electrons. The molecule has 2 heterocycles. The summed E-state index contributed by atoms with van der Waals surface area (Å²) in [5.74, 6) is -0.589. The lowest BCUT2D eigenvalue weighted by atomic mass is 10.1. The van der Waals surface area contributed by atoms with E-state index in [2.05, 4.69) is 20.9 Å². The van der Waals surface area contributed by atoms with Gasteiger partial charge in [-0.3, -0.25) is 4.79 Å². The molecule has 1 aliphatic rings.